The standard InChI is InChI=1S/C15H18N2O3/c1-4-19-13-7-6-11(8-14(13)20-5-2)15(18)12-9-17(3)10-16-12/h6-10H,4-5H2,1-3H3. The van der Waals surface area contributed by atoms with Crippen molar-refractivity contribution >= 4 is 5.78 Å². The van der Waals surface area contributed by atoms with E-state index in [2.05, 4.69) is 4.98 Å². The van der Waals surface area contributed by atoms with Gasteiger partial charge in [0.2, 0.25) is 5.78 Å². The second-order valence-corrected chi connectivity index (χ2v) is 4.28. The van der Waals surface area contributed by atoms with E-state index >= 15 is 0 Å². The van der Waals surface area contributed by atoms with Crippen LogP contribution in [0.3, 0.4) is 0 Å². The molecule has 0 bridgehead atoms. The van der Waals surface area contributed by atoms with Crippen LogP contribution in [-0.2, 0) is 7.05 Å². The van der Waals surface area contributed by atoms with Gasteiger partial charge in [0.05, 0.1) is 19.5 Å². The Labute approximate surface area is 118 Å². The van der Waals surface area contributed by atoms with Crippen LogP contribution in [0.15, 0.2) is 30.7 Å². The molecule has 2 aromatic rings. The minimum atomic E-state index is -0.130. The molecule has 0 unspecified atom stereocenters. The molecule has 1 aromatic carbocycles. The Hall–Kier alpha value is -2.30. The summed E-state index contributed by atoms with van der Waals surface area (Å²) in [6.07, 6.45) is 3.30. The molecule has 5 heteroatoms. The monoisotopic (exact) mass is 274 g/mol. The maximum atomic E-state index is 12.3. The summed E-state index contributed by atoms with van der Waals surface area (Å²) < 4.78 is 12.7. The summed E-state index contributed by atoms with van der Waals surface area (Å²) in [6, 6.07) is 5.18. The van der Waals surface area contributed by atoms with Gasteiger partial charge < -0.3 is 14.0 Å². The lowest BCUT2D eigenvalue weighted by Crippen LogP contribution is -2.04. The quantitative estimate of drug-likeness (QED) is 0.759. The predicted octanol–water partition coefficient (Wildman–Crippen LogP) is 2.45. The number of benzene rings is 1. The van der Waals surface area contributed by atoms with Crippen LogP contribution in [0.4, 0.5) is 0 Å². The third-order valence-corrected chi connectivity index (χ3v) is 2.74. The van der Waals surface area contributed by atoms with Crippen LogP contribution in [0.1, 0.15) is 29.9 Å². The van der Waals surface area contributed by atoms with Gasteiger partial charge in [0.1, 0.15) is 5.69 Å². The molecule has 2 rings (SSSR count). The number of rotatable bonds is 6. The Balaban J connectivity index is 2.32. The van der Waals surface area contributed by atoms with E-state index < -0.39 is 0 Å². The maximum Gasteiger partial charge on any atom is 0.213 e. The number of carbonyl (C=O) groups is 1. The molecule has 0 aliphatic rings. The predicted molar refractivity (Wildman–Crippen MR) is 75.4 cm³/mol. The second-order valence-electron chi connectivity index (χ2n) is 4.28. The van der Waals surface area contributed by atoms with E-state index in [1.165, 1.54) is 0 Å². The van der Waals surface area contributed by atoms with Crippen LogP contribution in [0.2, 0.25) is 0 Å². The summed E-state index contributed by atoms with van der Waals surface area (Å²) in [5.41, 5.74) is 0.953. The zero-order valence-electron chi connectivity index (χ0n) is 11.9. The van der Waals surface area contributed by atoms with Crippen molar-refractivity contribution in [3.8, 4) is 11.5 Å². The molecule has 1 heterocycles. The molecule has 0 saturated carbocycles. The Morgan fingerprint density at radius 1 is 1.20 bits per heavy atom. The molecule has 0 aliphatic carbocycles. The molecule has 0 saturated heterocycles. The number of ketones is 1. The molecule has 20 heavy (non-hydrogen) atoms. The van der Waals surface area contributed by atoms with Gasteiger partial charge in [-0.3, -0.25) is 4.79 Å². The van der Waals surface area contributed by atoms with E-state index in [4.69, 9.17) is 9.47 Å². The van der Waals surface area contributed by atoms with Crippen molar-refractivity contribution < 1.29 is 14.3 Å². The Kier molecular flexibility index (Phi) is 4.40. The fraction of sp³-hybridized carbons (Fsp3) is 0.333. The van der Waals surface area contributed by atoms with Crippen molar-refractivity contribution in [1.29, 1.82) is 0 Å². The number of hydrogen-bond donors (Lipinski definition) is 0. The van der Waals surface area contributed by atoms with Crippen LogP contribution in [0.25, 0.3) is 0 Å². The number of aromatic nitrogens is 2. The van der Waals surface area contributed by atoms with Gasteiger partial charge in [0, 0.05) is 18.8 Å². The first kappa shape index (κ1) is 14.1. The number of nitrogens with zero attached hydrogens (tertiary/aromatic N) is 2. The van der Waals surface area contributed by atoms with Crippen molar-refractivity contribution in [3.05, 3.63) is 42.0 Å². The highest BCUT2D eigenvalue weighted by Gasteiger charge is 2.15. The SMILES string of the molecule is CCOc1ccc(C(=O)c2cn(C)cn2)cc1OCC. The molecule has 0 N–H and O–H groups in total. The molecular weight excluding hydrogens is 256 g/mol. The molecule has 0 amide bonds. The molecule has 0 atom stereocenters. The van der Waals surface area contributed by atoms with Gasteiger partial charge in [-0.2, -0.15) is 0 Å². The van der Waals surface area contributed by atoms with Crippen LogP contribution < -0.4 is 9.47 Å². The molecule has 1 aromatic heterocycles. The first-order valence-electron chi connectivity index (χ1n) is 6.58. The van der Waals surface area contributed by atoms with Crippen molar-refractivity contribution in [2.45, 2.75) is 13.8 Å². The highest BCUT2D eigenvalue weighted by molar-refractivity contribution is 6.07. The molecule has 106 valence electrons. The smallest absolute Gasteiger partial charge is 0.213 e. The summed E-state index contributed by atoms with van der Waals surface area (Å²) in [7, 11) is 1.83. The molecule has 0 fully saturated rings. The molecule has 0 aliphatic heterocycles. The van der Waals surface area contributed by atoms with E-state index in [0.717, 1.165) is 0 Å². The van der Waals surface area contributed by atoms with Crippen LogP contribution in [0.5, 0.6) is 11.5 Å². The van der Waals surface area contributed by atoms with E-state index in [9.17, 15) is 4.79 Å². The summed E-state index contributed by atoms with van der Waals surface area (Å²) in [5, 5.41) is 0. The van der Waals surface area contributed by atoms with Crippen molar-refractivity contribution in [2.75, 3.05) is 13.2 Å². The highest BCUT2D eigenvalue weighted by Crippen LogP contribution is 2.29. The van der Waals surface area contributed by atoms with Gasteiger partial charge >= 0.3 is 0 Å². The van der Waals surface area contributed by atoms with Crippen LogP contribution >= 0.6 is 0 Å². The highest BCUT2D eigenvalue weighted by atomic mass is 16.5. The fourth-order valence-electron chi connectivity index (χ4n) is 1.87. The number of aryl methyl sites for hydroxylation is 1. The topological polar surface area (TPSA) is 53.4 Å². The molecular formula is C15H18N2O3. The average Bonchev–Trinajstić information content (AvgIpc) is 2.87. The minimum Gasteiger partial charge on any atom is -0.490 e. The van der Waals surface area contributed by atoms with Gasteiger partial charge in [-0.1, -0.05) is 0 Å². The molecule has 0 spiro atoms. The first-order chi connectivity index (χ1) is 9.65. The van der Waals surface area contributed by atoms with Gasteiger partial charge in [-0.25, -0.2) is 4.98 Å². The summed E-state index contributed by atoms with van der Waals surface area (Å²) in [4.78, 5) is 16.4. The summed E-state index contributed by atoms with van der Waals surface area (Å²) in [6.45, 7) is 4.86. The Bertz CT molecular complexity index is 605. The van der Waals surface area contributed by atoms with Crippen molar-refractivity contribution in [3.63, 3.8) is 0 Å². The zero-order valence-corrected chi connectivity index (χ0v) is 11.9. The van der Waals surface area contributed by atoms with Crippen molar-refractivity contribution in [2.24, 2.45) is 7.05 Å². The molecule has 5 nitrogen and oxygen atoms in total. The lowest BCUT2D eigenvalue weighted by molar-refractivity contribution is 0.103. The van der Waals surface area contributed by atoms with E-state index in [-0.39, 0.29) is 5.78 Å². The molecule has 0 radical (unpaired) electrons. The second kappa shape index (κ2) is 6.23. The van der Waals surface area contributed by atoms with Gasteiger partial charge in [0.15, 0.2) is 11.5 Å². The number of carbonyl (C=O) groups excluding carboxylic acids is 1. The lowest BCUT2D eigenvalue weighted by atomic mass is 10.1. The van der Waals surface area contributed by atoms with E-state index in [1.807, 2.05) is 20.9 Å². The largest absolute Gasteiger partial charge is 0.490 e. The Morgan fingerprint density at radius 2 is 1.90 bits per heavy atom. The summed E-state index contributed by atoms with van der Waals surface area (Å²) >= 11 is 0. The van der Waals surface area contributed by atoms with E-state index in [1.54, 1.807) is 35.3 Å². The average molecular weight is 274 g/mol. The van der Waals surface area contributed by atoms with Gasteiger partial charge in [0.25, 0.3) is 0 Å². The lowest BCUT2D eigenvalue weighted by Gasteiger charge is -2.11. The normalized spacial score (nSPS) is 10.3. The maximum absolute atomic E-state index is 12.3. The van der Waals surface area contributed by atoms with Gasteiger partial charge in [-0.05, 0) is 32.0 Å². The Morgan fingerprint density at radius 3 is 2.50 bits per heavy atom. The summed E-state index contributed by atoms with van der Waals surface area (Å²) in [5.74, 6) is 1.10. The third kappa shape index (κ3) is 2.99. The number of imidazole rings is 1. The minimum absolute atomic E-state index is 0.130. The zero-order chi connectivity index (χ0) is 14.5. The van der Waals surface area contributed by atoms with E-state index in [0.29, 0.717) is 36.0 Å². The van der Waals surface area contributed by atoms with Crippen LogP contribution in [-0.4, -0.2) is 28.5 Å². The third-order valence-electron chi connectivity index (χ3n) is 2.74. The van der Waals surface area contributed by atoms with Gasteiger partial charge in [-0.15, -0.1) is 0 Å². The van der Waals surface area contributed by atoms with Crippen molar-refractivity contribution in [1.82, 2.24) is 9.55 Å². The first-order valence-corrected chi connectivity index (χ1v) is 6.58. The number of hydrogen-bond acceptors (Lipinski definition) is 4. The number of ether oxygens (including phenoxy) is 2. The fourth-order valence-corrected chi connectivity index (χ4v) is 1.87. The van der Waals surface area contributed by atoms with Crippen LogP contribution in [0, 0.1) is 0 Å².